The van der Waals surface area contributed by atoms with Gasteiger partial charge in [-0.25, -0.2) is 4.79 Å². The zero-order chi connectivity index (χ0) is 12.9. The van der Waals surface area contributed by atoms with E-state index >= 15 is 0 Å². The van der Waals surface area contributed by atoms with E-state index in [-0.39, 0.29) is 25.3 Å². The van der Waals surface area contributed by atoms with Gasteiger partial charge >= 0.3 is 12.1 Å². The Hall–Kier alpha value is -1.57. The number of hydrogen-bond donors (Lipinski definition) is 1. The van der Waals surface area contributed by atoms with Gasteiger partial charge in [0.25, 0.3) is 0 Å². The molecule has 0 aromatic carbocycles. The van der Waals surface area contributed by atoms with Crippen molar-refractivity contribution in [1.29, 1.82) is 0 Å². The highest BCUT2D eigenvalue weighted by Crippen LogP contribution is 2.14. The van der Waals surface area contributed by atoms with E-state index in [4.69, 9.17) is 5.11 Å². The monoisotopic (exact) mass is 252 g/mol. The summed E-state index contributed by atoms with van der Waals surface area (Å²) in [5.74, 6) is -1.13. The molecule has 0 fully saturated rings. The maximum atomic E-state index is 11.7. The summed E-state index contributed by atoms with van der Waals surface area (Å²) in [6.45, 7) is -1.19. The van der Waals surface area contributed by atoms with Gasteiger partial charge in [-0.2, -0.15) is 18.3 Å². The van der Waals surface area contributed by atoms with Crippen LogP contribution in [-0.2, 0) is 11.3 Å². The topological polar surface area (TPSA) is 64.3 Å². The minimum absolute atomic E-state index is 0.000761. The maximum absolute atomic E-state index is 11.7. The Kier molecular flexibility index (Phi) is 4.50. The quantitative estimate of drug-likeness (QED) is 0.780. The number of nitrogens with zero attached hydrogens (tertiary/aromatic N) is 2. The van der Waals surface area contributed by atoms with Crippen molar-refractivity contribution in [2.45, 2.75) is 19.1 Å². The summed E-state index contributed by atoms with van der Waals surface area (Å²) in [4.78, 5) is 10.7. The van der Waals surface area contributed by atoms with E-state index in [0.29, 0.717) is 0 Å². The Morgan fingerprint density at radius 1 is 1.53 bits per heavy atom. The summed E-state index contributed by atoms with van der Waals surface area (Å²) in [5, 5.41) is 12.5. The first-order chi connectivity index (χ1) is 7.90. The van der Waals surface area contributed by atoms with E-state index in [9.17, 15) is 18.0 Å². The molecular formula is C9H11F3N2O3. The van der Waals surface area contributed by atoms with Crippen LogP contribution in [0, 0.1) is 0 Å². The number of rotatable bonds is 6. The van der Waals surface area contributed by atoms with Gasteiger partial charge in [-0.15, -0.1) is 0 Å². The van der Waals surface area contributed by atoms with Crippen LogP contribution in [0.25, 0.3) is 0 Å². The van der Waals surface area contributed by atoms with Crippen molar-refractivity contribution >= 4 is 5.97 Å². The van der Waals surface area contributed by atoms with Crippen molar-refractivity contribution in [3.63, 3.8) is 0 Å². The number of carbonyl (C=O) groups is 1. The summed E-state index contributed by atoms with van der Waals surface area (Å²) >= 11 is 0. The number of ether oxygens (including phenoxy) is 1. The first-order valence-electron chi connectivity index (χ1n) is 4.80. The van der Waals surface area contributed by atoms with Crippen LogP contribution in [0.1, 0.15) is 16.9 Å². The number of aromatic nitrogens is 2. The highest BCUT2D eigenvalue weighted by atomic mass is 19.4. The van der Waals surface area contributed by atoms with E-state index in [2.05, 4.69) is 9.84 Å². The van der Waals surface area contributed by atoms with Crippen LogP contribution in [0.4, 0.5) is 13.2 Å². The van der Waals surface area contributed by atoms with Gasteiger partial charge in [-0.1, -0.05) is 0 Å². The van der Waals surface area contributed by atoms with Crippen molar-refractivity contribution < 1.29 is 27.8 Å². The second kappa shape index (κ2) is 5.67. The molecule has 0 bridgehead atoms. The molecule has 0 saturated heterocycles. The smallest absolute Gasteiger partial charge is 0.411 e. The lowest BCUT2D eigenvalue weighted by molar-refractivity contribution is -0.174. The third-order valence-electron chi connectivity index (χ3n) is 1.86. The number of aryl methyl sites for hydroxylation is 1. The zero-order valence-corrected chi connectivity index (χ0v) is 8.78. The maximum Gasteiger partial charge on any atom is 0.411 e. The van der Waals surface area contributed by atoms with E-state index < -0.39 is 18.8 Å². The molecule has 1 rings (SSSR count). The third kappa shape index (κ3) is 4.85. The Labute approximate surface area is 94.8 Å². The van der Waals surface area contributed by atoms with E-state index in [1.54, 1.807) is 0 Å². The number of halogens is 3. The van der Waals surface area contributed by atoms with Gasteiger partial charge in [0, 0.05) is 19.3 Å². The molecule has 0 amide bonds. The van der Waals surface area contributed by atoms with Crippen LogP contribution in [0.3, 0.4) is 0 Å². The van der Waals surface area contributed by atoms with Crippen molar-refractivity contribution in [2.24, 2.45) is 0 Å². The number of hydrogen-bond acceptors (Lipinski definition) is 3. The Morgan fingerprint density at radius 3 is 2.82 bits per heavy atom. The van der Waals surface area contributed by atoms with Crippen molar-refractivity contribution in [3.05, 3.63) is 18.0 Å². The van der Waals surface area contributed by atoms with Crippen LogP contribution in [0.15, 0.2) is 12.3 Å². The van der Waals surface area contributed by atoms with Gasteiger partial charge in [-0.3, -0.25) is 4.68 Å². The number of aromatic carboxylic acids is 1. The predicted molar refractivity (Wildman–Crippen MR) is 50.7 cm³/mol. The fourth-order valence-electron chi connectivity index (χ4n) is 1.20. The first-order valence-corrected chi connectivity index (χ1v) is 4.80. The molecule has 17 heavy (non-hydrogen) atoms. The normalized spacial score (nSPS) is 11.7. The van der Waals surface area contributed by atoms with Crippen LogP contribution in [0.2, 0.25) is 0 Å². The standard InChI is InChI=1S/C9H11F3N2O3/c10-9(11,12)6-17-5-1-4-14-7(8(15)16)2-3-13-14/h2-3H,1,4-6H2,(H,15,16). The van der Waals surface area contributed by atoms with Gasteiger partial charge in [0.15, 0.2) is 0 Å². The molecule has 0 aliphatic carbocycles. The molecule has 8 heteroatoms. The summed E-state index contributed by atoms with van der Waals surface area (Å²) in [5.41, 5.74) is 0.000761. The second-order valence-corrected chi connectivity index (χ2v) is 3.27. The molecular weight excluding hydrogens is 241 g/mol. The average Bonchev–Trinajstić information content (AvgIpc) is 2.63. The van der Waals surface area contributed by atoms with Crippen LogP contribution in [0.5, 0.6) is 0 Å². The summed E-state index contributed by atoms with van der Waals surface area (Å²) in [6, 6.07) is 1.32. The van der Waals surface area contributed by atoms with Crippen molar-refractivity contribution in [2.75, 3.05) is 13.2 Å². The molecule has 0 aliphatic rings. The molecule has 0 spiro atoms. The minimum atomic E-state index is -4.34. The first kappa shape index (κ1) is 13.5. The molecule has 96 valence electrons. The van der Waals surface area contributed by atoms with E-state index in [0.717, 1.165) is 0 Å². The fourth-order valence-corrected chi connectivity index (χ4v) is 1.20. The molecule has 5 nitrogen and oxygen atoms in total. The molecule has 0 unspecified atom stereocenters. The Morgan fingerprint density at radius 2 is 2.24 bits per heavy atom. The minimum Gasteiger partial charge on any atom is -0.477 e. The van der Waals surface area contributed by atoms with Crippen LogP contribution in [-0.4, -0.2) is 40.2 Å². The van der Waals surface area contributed by atoms with Gasteiger partial charge < -0.3 is 9.84 Å². The number of carboxylic acids is 1. The van der Waals surface area contributed by atoms with Gasteiger partial charge in [-0.05, 0) is 12.5 Å². The van der Waals surface area contributed by atoms with E-state index in [1.807, 2.05) is 0 Å². The fraction of sp³-hybridized carbons (Fsp3) is 0.556. The number of carboxylic acid groups (broad SMARTS) is 1. The highest BCUT2D eigenvalue weighted by Gasteiger charge is 2.27. The number of alkyl halides is 3. The highest BCUT2D eigenvalue weighted by molar-refractivity contribution is 5.85. The van der Waals surface area contributed by atoms with E-state index in [1.165, 1.54) is 16.9 Å². The Balaban J connectivity index is 2.27. The second-order valence-electron chi connectivity index (χ2n) is 3.27. The molecule has 1 aromatic rings. The summed E-state index contributed by atoms with van der Waals surface area (Å²) in [7, 11) is 0. The van der Waals surface area contributed by atoms with Crippen molar-refractivity contribution in [3.8, 4) is 0 Å². The zero-order valence-electron chi connectivity index (χ0n) is 8.78. The van der Waals surface area contributed by atoms with Crippen LogP contribution >= 0.6 is 0 Å². The largest absolute Gasteiger partial charge is 0.477 e. The SMILES string of the molecule is O=C(O)c1ccnn1CCCOCC(F)(F)F. The lowest BCUT2D eigenvalue weighted by atomic mass is 10.4. The average molecular weight is 252 g/mol. The molecule has 0 saturated carbocycles. The molecule has 0 radical (unpaired) electrons. The molecule has 0 atom stereocenters. The Bertz CT molecular complexity index is 376. The summed E-state index contributed by atoms with van der Waals surface area (Å²) < 4.78 is 40.7. The van der Waals surface area contributed by atoms with Gasteiger partial charge in [0.05, 0.1) is 0 Å². The summed E-state index contributed by atoms with van der Waals surface area (Å²) in [6.07, 6.45) is -2.75. The molecule has 0 aliphatic heterocycles. The van der Waals surface area contributed by atoms with Gasteiger partial charge in [0.1, 0.15) is 12.3 Å². The molecule has 1 heterocycles. The third-order valence-corrected chi connectivity index (χ3v) is 1.86. The van der Waals surface area contributed by atoms with Crippen molar-refractivity contribution in [1.82, 2.24) is 9.78 Å². The van der Waals surface area contributed by atoms with Gasteiger partial charge in [0.2, 0.25) is 0 Å². The lowest BCUT2D eigenvalue weighted by Gasteiger charge is -2.08. The molecule has 1 N–H and O–H groups in total. The lowest BCUT2D eigenvalue weighted by Crippen LogP contribution is -2.18. The molecule has 1 aromatic heterocycles. The van der Waals surface area contributed by atoms with Crippen LogP contribution < -0.4 is 0 Å². The predicted octanol–water partition coefficient (Wildman–Crippen LogP) is 1.55.